The number of nitrogens with one attached hydrogen (secondary N) is 1. The highest BCUT2D eigenvalue weighted by molar-refractivity contribution is 7.99. The minimum Gasteiger partial charge on any atom is -0.378 e. The van der Waals surface area contributed by atoms with Crippen LogP contribution >= 0.6 is 11.8 Å². The van der Waals surface area contributed by atoms with E-state index in [2.05, 4.69) is 43.4 Å². The van der Waals surface area contributed by atoms with Crippen LogP contribution < -0.4 is 5.32 Å². The van der Waals surface area contributed by atoms with Crippen LogP contribution in [-0.4, -0.2) is 31.1 Å². The topological polar surface area (TPSA) is 21.3 Å². The Bertz CT molecular complexity index is 404. The number of ether oxygens (including phenoxy) is 1. The van der Waals surface area contributed by atoms with Crippen LogP contribution in [0.25, 0.3) is 0 Å². The molecule has 21 heavy (non-hydrogen) atoms. The normalized spacial score (nSPS) is 19.8. The maximum Gasteiger partial charge on any atom is 0.0576 e. The Balaban J connectivity index is 1.71. The van der Waals surface area contributed by atoms with E-state index in [1.807, 2.05) is 11.8 Å². The van der Waals surface area contributed by atoms with Crippen LogP contribution in [0.4, 0.5) is 0 Å². The second kappa shape index (κ2) is 9.50. The van der Waals surface area contributed by atoms with Gasteiger partial charge in [0.1, 0.15) is 0 Å². The highest BCUT2D eigenvalue weighted by Crippen LogP contribution is 2.24. The lowest BCUT2D eigenvalue weighted by molar-refractivity contribution is 0.101. The summed E-state index contributed by atoms with van der Waals surface area (Å²) in [5.74, 6) is 1.16. The fraction of sp³-hybridized carbons (Fsp3) is 0.667. The third-order valence-corrected chi connectivity index (χ3v) is 5.47. The number of aryl methyl sites for hydroxylation is 1. The zero-order chi connectivity index (χ0) is 14.9. The minimum atomic E-state index is 0.538. The van der Waals surface area contributed by atoms with Crippen molar-refractivity contribution in [2.75, 3.05) is 18.9 Å². The van der Waals surface area contributed by atoms with Crippen molar-refractivity contribution in [1.29, 1.82) is 0 Å². The molecule has 0 amide bonds. The molecular weight excluding hydrogens is 278 g/mol. The maximum atomic E-state index is 5.71. The molecule has 0 spiro atoms. The largest absolute Gasteiger partial charge is 0.378 e. The fourth-order valence-electron chi connectivity index (χ4n) is 2.91. The van der Waals surface area contributed by atoms with Gasteiger partial charge >= 0.3 is 0 Å². The molecule has 0 saturated carbocycles. The molecule has 0 aromatic heterocycles. The number of benzene rings is 1. The second-order valence-corrected chi connectivity index (χ2v) is 6.96. The summed E-state index contributed by atoms with van der Waals surface area (Å²) in [5, 5.41) is 3.64. The number of rotatable bonds is 9. The molecule has 2 rings (SSSR count). The van der Waals surface area contributed by atoms with Gasteiger partial charge in [0.15, 0.2) is 0 Å². The Kier molecular flexibility index (Phi) is 7.62. The molecule has 1 saturated heterocycles. The molecule has 0 bridgehead atoms. The van der Waals surface area contributed by atoms with Crippen LogP contribution in [0, 0.1) is 6.92 Å². The molecule has 0 aliphatic carbocycles. The van der Waals surface area contributed by atoms with Crippen molar-refractivity contribution in [1.82, 2.24) is 5.32 Å². The van der Waals surface area contributed by atoms with Crippen LogP contribution in [0.2, 0.25) is 0 Å². The van der Waals surface area contributed by atoms with Gasteiger partial charge in [-0.05, 0) is 57.2 Å². The third kappa shape index (κ3) is 6.01. The van der Waals surface area contributed by atoms with E-state index in [1.165, 1.54) is 42.6 Å². The Morgan fingerprint density at radius 1 is 1.38 bits per heavy atom. The first-order valence-corrected chi connectivity index (χ1v) is 9.31. The first kappa shape index (κ1) is 16.9. The average molecular weight is 308 g/mol. The highest BCUT2D eigenvalue weighted by Gasteiger charge is 2.16. The van der Waals surface area contributed by atoms with Crippen molar-refractivity contribution >= 4 is 11.8 Å². The van der Waals surface area contributed by atoms with Crippen molar-refractivity contribution < 1.29 is 4.74 Å². The quantitative estimate of drug-likeness (QED) is 0.683. The van der Waals surface area contributed by atoms with Crippen LogP contribution in [0.5, 0.6) is 0 Å². The second-order valence-electron chi connectivity index (χ2n) is 5.90. The van der Waals surface area contributed by atoms with E-state index in [9.17, 15) is 0 Å². The first-order chi connectivity index (χ1) is 10.3. The third-order valence-electron chi connectivity index (χ3n) is 4.13. The molecule has 1 aromatic rings. The zero-order valence-corrected chi connectivity index (χ0v) is 14.3. The van der Waals surface area contributed by atoms with Gasteiger partial charge in [0.05, 0.1) is 6.10 Å². The number of hydrogen-bond donors (Lipinski definition) is 1. The summed E-state index contributed by atoms with van der Waals surface area (Å²) in [5.41, 5.74) is 1.39. The lowest BCUT2D eigenvalue weighted by atomic mass is 10.1. The van der Waals surface area contributed by atoms with Gasteiger partial charge in [0.2, 0.25) is 0 Å². The molecule has 2 unspecified atom stereocenters. The van der Waals surface area contributed by atoms with Gasteiger partial charge in [-0.2, -0.15) is 0 Å². The smallest absolute Gasteiger partial charge is 0.0576 e. The molecule has 0 radical (unpaired) electrons. The average Bonchev–Trinajstić information content (AvgIpc) is 2.99. The SMILES string of the molecule is CCNC(CCCC1CCCO1)CSc1ccccc1C. The van der Waals surface area contributed by atoms with E-state index in [4.69, 9.17) is 4.74 Å². The van der Waals surface area contributed by atoms with E-state index in [-0.39, 0.29) is 0 Å². The van der Waals surface area contributed by atoms with Crippen molar-refractivity contribution in [2.45, 2.75) is 63.0 Å². The molecule has 1 aliphatic heterocycles. The standard InChI is InChI=1S/C18H29NOS/c1-3-19-16(9-6-10-17-11-7-13-20-17)14-21-18-12-5-4-8-15(18)2/h4-5,8,12,16-17,19H,3,6-7,9-11,13-14H2,1-2H3. The lowest BCUT2D eigenvalue weighted by Gasteiger charge is -2.19. The fourth-order valence-corrected chi connectivity index (χ4v) is 4.04. The van der Waals surface area contributed by atoms with Crippen LogP contribution in [0.15, 0.2) is 29.2 Å². The van der Waals surface area contributed by atoms with Gasteiger partial charge in [-0.15, -0.1) is 11.8 Å². The molecule has 2 atom stereocenters. The van der Waals surface area contributed by atoms with Gasteiger partial charge in [0.25, 0.3) is 0 Å². The predicted octanol–water partition coefficient (Wildman–Crippen LogP) is 4.41. The van der Waals surface area contributed by atoms with Crippen LogP contribution in [-0.2, 0) is 4.74 Å². The molecular formula is C18H29NOS. The summed E-state index contributed by atoms with van der Waals surface area (Å²) in [6.07, 6.45) is 6.82. The Morgan fingerprint density at radius 2 is 2.24 bits per heavy atom. The molecule has 1 N–H and O–H groups in total. The van der Waals surface area contributed by atoms with Gasteiger partial charge in [-0.3, -0.25) is 0 Å². The summed E-state index contributed by atoms with van der Waals surface area (Å²) in [7, 11) is 0. The molecule has 1 aromatic carbocycles. The van der Waals surface area contributed by atoms with Crippen molar-refractivity contribution in [3.63, 3.8) is 0 Å². The summed E-state index contributed by atoms with van der Waals surface area (Å²) >= 11 is 1.98. The van der Waals surface area contributed by atoms with Crippen molar-refractivity contribution in [3.8, 4) is 0 Å². The van der Waals surface area contributed by atoms with Gasteiger partial charge in [0, 0.05) is 23.3 Å². The summed E-state index contributed by atoms with van der Waals surface area (Å²) in [6.45, 7) is 6.43. The van der Waals surface area contributed by atoms with Gasteiger partial charge in [-0.1, -0.05) is 25.1 Å². The Labute approximate surface area is 134 Å². The summed E-state index contributed by atoms with van der Waals surface area (Å²) in [6, 6.07) is 9.29. The predicted molar refractivity (Wildman–Crippen MR) is 92.2 cm³/mol. The molecule has 118 valence electrons. The number of hydrogen-bond acceptors (Lipinski definition) is 3. The Hall–Kier alpha value is -0.510. The highest BCUT2D eigenvalue weighted by atomic mass is 32.2. The summed E-state index contributed by atoms with van der Waals surface area (Å²) in [4.78, 5) is 1.42. The monoisotopic (exact) mass is 307 g/mol. The van der Waals surface area contributed by atoms with Gasteiger partial charge in [-0.25, -0.2) is 0 Å². The van der Waals surface area contributed by atoms with Crippen LogP contribution in [0.3, 0.4) is 0 Å². The molecule has 2 nitrogen and oxygen atoms in total. The van der Waals surface area contributed by atoms with E-state index in [0.29, 0.717) is 12.1 Å². The van der Waals surface area contributed by atoms with E-state index in [0.717, 1.165) is 18.9 Å². The van der Waals surface area contributed by atoms with E-state index >= 15 is 0 Å². The summed E-state index contributed by atoms with van der Waals surface area (Å²) < 4.78 is 5.71. The Morgan fingerprint density at radius 3 is 2.95 bits per heavy atom. The minimum absolute atomic E-state index is 0.538. The number of thioether (sulfide) groups is 1. The zero-order valence-electron chi connectivity index (χ0n) is 13.4. The molecule has 1 aliphatic rings. The van der Waals surface area contributed by atoms with Gasteiger partial charge < -0.3 is 10.1 Å². The van der Waals surface area contributed by atoms with Crippen LogP contribution in [0.1, 0.15) is 44.6 Å². The van der Waals surface area contributed by atoms with E-state index < -0.39 is 0 Å². The lowest BCUT2D eigenvalue weighted by Crippen LogP contribution is -2.31. The molecule has 1 fully saturated rings. The first-order valence-electron chi connectivity index (χ1n) is 8.33. The van der Waals surface area contributed by atoms with Crippen molar-refractivity contribution in [2.24, 2.45) is 0 Å². The molecule has 1 heterocycles. The van der Waals surface area contributed by atoms with Crippen molar-refractivity contribution in [3.05, 3.63) is 29.8 Å². The molecule has 3 heteroatoms. The maximum absolute atomic E-state index is 5.71. The van der Waals surface area contributed by atoms with E-state index in [1.54, 1.807) is 0 Å².